The Labute approximate surface area is 246 Å². The largest absolute Gasteiger partial charge is 0.462 e. The maximum absolute atomic E-state index is 12.9. The Morgan fingerprint density at radius 3 is 2.46 bits per heavy atom. The van der Waals surface area contributed by atoms with Crippen LogP contribution in [0.3, 0.4) is 0 Å². The molecule has 3 aliphatic rings. The van der Waals surface area contributed by atoms with E-state index in [9.17, 15) is 19.8 Å². The molecule has 0 amide bonds. The molecular formula is C34H51NO6. The first-order valence-corrected chi connectivity index (χ1v) is 15.3. The number of carbonyl (C=O) groups is 2. The summed E-state index contributed by atoms with van der Waals surface area (Å²) in [6.45, 7) is 12.1. The molecule has 0 spiro atoms. The molecule has 2 aliphatic carbocycles. The van der Waals surface area contributed by atoms with Crippen LogP contribution in [0.1, 0.15) is 91.7 Å². The Kier molecular flexibility index (Phi) is 11.8. The van der Waals surface area contributed by atoms with Gasteiger partial charge in [0, 0.05) is 18.4 Å². The molecule has 1 aliphatic heterocycles. The molecule has 1 saturated heterocycles. The van der Waals surface area contributed by atoms with Crippen LogP contribution in [0, 0.1) is 29.1 Å². The van der Waals surface area contributed by atoms with E-state index >= 15 is 0 Å². The Balaban J connectivity index is 0.000000352. The molecule has 0 bridgehead atoms. The molecule has 41 heavy (non-hydrogen) atoms. The van der Waals surface area contributed by atoms with Gasteiger partial charge in [0.2, 0.25) is 0 Å². The van der Waals surface area contributed by atoms with E-state index in [1.165, 1.54) is 5.57 Å². The van der Waals surface area contributed by atoms with Crippen molar-refractivity contribution in [1.29, 1.82) is 0 Å². The molecule has 0 unspecified atom stereocenters. The quantitative estimate of drug-likeness (QED) is 0.346. The van der Waals surface area contributed by atoms with Crippen LogP contribution in [0.15, 0.2) is 54.1 Å². The van der Waals surface area contributed by atoms with Gasteiger partial charge in [-0.2, -0.15) is 0 Å². The van der Waals surface area contributed by atoms with Crippen molar-refractivity contribution < 1.29 is 29.3 Å². The molecule has 7 nitrogen and oxygen atoms in total. The SMILES string of the molecule is CCC(C)(C)C(=O)O[C@H]1C[C@@H](C)C=C2C=C[C@H](C)[C@H](CC[C@@H]3C[C@@H](O)CC(=O)O3)[C@H]21.C[C@@H](N)[C@@H](O)c1ccccc1. The highest BCUT2D eigenvalue weighted by Crippen LogP contribution is 2.45. The number of allylic oxidation sites excluding steroid dienone is 3. The molecule has 0 aromatic heterocycles. The number of aliphatic hydroxyl groups excluding tert-OH is 2. The van der Waals surface area contributed by atoms with Crippen LogP contribution in [0.25, 0.3) is 0 Å². The topological polar surface area (TPSA) is 119 Å². The van der Waals surface area contributed by atoms with Gasteiger partial charge < -0.3 is 25.4 Å². The predicted octanol–water partition coefficient (Wildman–Crippen LogP) is 5.65. The molecule has 1 aromatic rings. The molecule has 9 atom stereocenters. The van der Waals surface area contributed by atoms with Crippen molar-refractivity contribution in [2.75, 3.05) is 0 Å². The van der Waals surface area contributed by atoms with Crippen LogP contribution in [0.2, 0.25) is 0 Å². The van der Waals surface area contributed by atoms with E-state index in [0.717, 1.165) is 31.2 Å². The summed E-state index contributed by atoms with van der Waals surface area (Å²) < 4.78 is 11.6. The number of benzene rings is 1. The molecular weight excluding hydrogens is 518 g/mol. The number of ether oxygens (including phenoxy) is 2. The highest BCUT2D eigenvalue weighted by atomic mass is 16.6. The van der Waals surface area contributed by atoms with Gasteiger partial charge >= 0.3 is 11.9 Å². The number of aliphatic hydroxyl groups is 2. The first-order valence-electron chi connectivity index (χ1n) is 15.3. The van der Waals surface area contributed by atoms with Crippen molar-refractivity contribution in [1.82, 2.24) is 0 Å². The van der Waals surface area contributed by atoms with Crippen LogP contribution in [-0.2, 0) is 19.1 Å². The molecule has 7 heteroatoms. The van der Waals surface area contributed by atoms with E-state index < -0.39 is 17.6 Å². The van der Waals surface area contributed by atoms with Gasteiger partial charge in [0.05, 0.1) is 24.0 Å². The highest BCUT2D eigenvalue weighted by Gasteiger charge is 2.43. The normalized spacial score (nSPS) is 31.0. The first-order chi connectivity index (χ1) is 19.3. The number of esters is 2. The van der Waals surface area contributed by atoms with Crippen LogP contribution in [-0.4, -0.2) is 46.5 Å². The standard InChI is InChI=1S/C25H38O5.C9H13NO/c1-6-25(4,5)24(28)30-21-12-15(2)11-17-8-7-16(3)20(23(17)21)10-9-19-13-18(26)14-22(27)29-19;1-7(10)9(11)8-5-3-2-4-6-8/h7-8,11,15-16,18-21,23,26H,6,9-10,12-14H2,1-5H3;2-7,9,11H,10H2,1H3/t15-,16-,18+,19+,20-,21-,23-;7-,9-/m01/s1. The number of hydrogen-bond donors (Lipinski definition) is 3. The van der Waals surface area contributed by atoms with Crippen LogP contribution in [0.5, 0.6) is 0 Å². The van der Waals surface area contributed by atoms with Gasteiger partial charge in [-0.3, -0.25) is 9.59 Å². The molecule has 0 radical (unpaired) electrons. The maximum atomic E-state index is 12.9. The van der Waals surface area contributed by atoms with Crippen LogP contribution < -0.4 is 5.73 Å². The minimum absolute atomic E-state index is 0.0949. The number of hydrogen-bond acceptors (Lipinski definition) is 7. The highest BCUT2D eigenvalue weighted by molar-refractivity contribution is 5.76. The minimum Gasteiger partial charge on any atom is -0.462 e. The summed E-state index contributed by atoms with van der Waals surface area (Å²) in [6, 6.07) is 9.22. The molecule has 1 heterocycles. The monoisotopic (exact) mass is 569 g/mol. The number of rotatable bonds is 8. The third-order valence-electron chi connectivity index (χ3n) is 8.99. The van der Waals surface area contributed by atoms with Crippen molar-refractivity contribution in [3.8, 4) is 0 Å². The fourth-order valence-electron chi connectivity index (χ4n) is 6.03. The molecule has 0 saturated carbocycles. The van der Waals surface area contributed by atoms with E-state index in [1.807, 2.05) is 51.1 Å². The van der Waals surface area contributed by atoms with Crippen molar-refractivity contribution >= 4 is 11.9 Å². The second-order valence-electron chi connectivity index (χ2n) is 13.0. The van der Waals surface area contributed by atoms with Gasteiger partial charge in [-0.25, -0.2) is 0 Å². The summed E-state index contributed by atoms with van der Waals surface area (Å²) in [5.74, 6) is 0.776. The second kappa shape index (κ2) is 14.6. The van der Waals surface area contributed by atoms with Gasteiger partial charge in [0.1, 0.15) is 12.2 Å². The first kappa shape index (κ1) is 33.0. The van der Waals surface area contributed by atoms with Gasteiger partial charge in [-0.05, 0) is 75.3 Å². The van der Waals surface area contributed by atoms with E-state index in [2.05, 4.69) is 32.1 Å². The Morgan fingerprint density at radius 1 is 1.17 bits per heavy atom. The zero-order chi connectivity index (χ0) is 30.3. The number of fused-ring (bicyclic) bond motifs is 1. The molecule has 228 valence electrons. The smallest absolute Gasteiger partial charge is 0.311 e. The van der Waals surface area contributed by atoms with Gasteiger partial charge in [0.25, 0.3) is 0 Å². The Hall–Kier alpha value is -2.48. The zero-order valence-corrected chi connectivity index (χ0v) is 25.7. The third-order valence-corrected chi connectivity index (χ3v) is 8.99. The average Bonchev–Trinajstić information content (AvgIpc) is 2.92. The number of cyclic esters (lactones) is 1. The summed E-state index contributed by atoms with van der Waals surface area (Å²) >= 11 is 0. The van der Waals surface area contributed by atoms with Crippen molar-refractivity contribution in [2.45, 2.75) is 111 Å². The third kappa shape index (κ3) is 9.00. The summed E-state index contributed by atoms with van der Waals surface area (Å²) in [4.78, 5) is 24.6. The van der Waals surface area contributed by atoms with Gasteiger partial charge in [-0.1, -0.05) is 69.3 Å². The van der Waals surface area contributed by atoms with E-state index in [4.69, 9.17) is 15.2 Å². The lowest BCUT2D eigenvalue weighted by molar-refractivity contribution is -0.166. The van der Waals surface area contributed by atoms with Crippen molar-refractivity contribution in [3.05, 3.63) is 59.7 Å². The van der Waals surface area contributed by atoms with Crippen LogP contribution >= 0.6 is 0 Å². The zero-order valence-electron chi connectivity index (χ0n) is 25.7. The summed E-state index contributed by atoms with van der Waals surface area (Å²) in [7, 11) is 0. The van der Waals surface area contributed by atoms with E-state index in [1.54, 1.807) is 6.92 Å². The molecule has 1 aromatic carbocycles. The van der Waals surface area contributed by atoms with Crippen LogP contribution in [0.4, 0.5) is 0 Å². The summed E-state index contributed by atoms with van der Waals surface area (Å²) in [5.41, 5.74) is 7.18. The van der Waals surface area contributed by atoms with Gasteiger partial charge in [-0.15, -0.1) is 0 Å². The Morgan fingerprint density at radius 2 is 1.85 bits per heavy atom. The van der Waals surface area contributed by atoms with E-state index in [0.29, 0.717) is 24.2 Å². The summed E-state index contributed by atoms with van der Waals surface area (Å²) in [6.07, 6.45) is 9.07. The number of nitrogens with two attached hydrogens (primary N) is 1. The summed E-state index contributed by atoms with van der Waals surface area (Å²) in [5, 5.41) is 19.4. The molecule has 4 rings (SSSR count). The fourth-order valence-corrected chi connectivity index (χ4v) is 6.03. The maximum Gasteiger partial charge on any atom is 0.311 e. The van der Waals surface area contributed by atoms with Gasteiger partial charge in [0.15, 0.2) is 0 Å². The minimum atomic E-state index is -0.601. The second-order valence-corrected chi connectivity index (χ2v) is 13.0. The Bertz CT molecular complexity index is 1060. The lowest BCUT2D eigenvalue weighted by atomic mass is 9.65. The van der Waals surface area contributed by atoms with E-state index in [-0.39, 0.29) is 42.5 Å². The average molecular weight is 570 g/mol. The lowest BCUT2D eigenvalue weighted by Gasteiger charge is -2.44. The molecule has 1 fully saturated rings. The fraction of sp³-hybridized carbons (Fsp3) is 0.647. The lowest BCUT2D eigenvalue weighted by Crippen LogP contribution is -2.43. The molecule has 4 N–H and O–H groups in total. The number of carbonyl (C=O) groups excluding carboxylic acids is 2. The van der Waals surface area contributed by atoms with Crippen molar-refractivity contribution in [3.63, 3.8) is 0 Å². The predicted molar refractivity (Wildman–Crippen MR) is 161 cm³/mol. The van der Waals surface area contributed by atoms with Crippen molar-refractivity contribution in [2.24, 2.45) is 34.8 Å².